The summed E-state index contributed by atoms with van der Waals surface area (Å²) >= 11 is 0. The second kappa shape index (κ2) is 6.04. The predicted molar refractivity (Wildman–Crippen MR) is 83.5 cm³/mol. The van der Waals surface area contributed by atoms with E-state index < -0.39 is 0 Å². The second-order valence-electron chi connectivity index (χ2n) is 5.93. The Bertz CT molecular complexity index is 726. The fraction of sp³-hybridized carbons (Fsp3) is 0.412. The fourth-order valence-electron chi connectivity index (χ4n) is 3.11. The summed E-state index contributed by atoms with van der Waals surface area (Å²) < 4.78 is 11.4. The van der Waals surface area contributed by atoms with Gasteiger partial charge in [-0.25, -0.2) is 0 Å². The van der Waals surface area contributed by atoms with E-state index in [2.05, 4.69) is 21.6 Å². The molecule has 3 heterocycles. The van der Waals surface area contributed by atoms with E-state index in [1.807, 2.05) is 18.2 Å². The second-order valence-corrected chi connectivity index (χ2v) is 5.93. The molecule has 0 saturated carbocycles. The average Bonchev–Trinajstić information content (AvgIpc) is 3.03. The van der Waals surface area contributed by atoms with E-state index in [9.17, 15) is 4.79 Å². The first-order valence-corrected chi connectivity index (χ1v) is 7.98. The number of carbonyl (C=O) groups excluding carboxylic acids is 1. The number of amides is 1. The van der Waals surface area contributed by atoms with Gasteiger partial charge in [-0.2, -0.15) is 5.10 Å². The molecule has 0 saturated heterocycles. The molecule has 23 heavy (non-hydrogen) atoms. The summed E-state index contributed by atoms with van der Waals surface area (Å²) in [4.78, 5) is 12.4. The predicted octanol–water partition coefficient (Wildman–Crippen LogP) is 1.61. The van der Waals surface area contributed by atoms with Gasteiger partial charge in [-0.05, 0) is 24.5 Å². The van der Waals surface area contributed by atoms with E-state index in [1.165, 1.54) is 5.56 Å². The van der Waals surface area contributed by atoms with Gasteiger partial charge in [-0.15, -0.1) is 0 Å². The molecule has 0 unspecified atom stereocenters. The smallest absolute Gasteiger partial charge is 0.272 e. The number of fused-ring (bicyclic) bond motifs is 2. The number of para-hydroxylation sites is 1. The zero-order chi connectivity index (χ0) is 15.6. The van der Waals surface area contributed by atoms with Crippen molar-refractivity contribution in [3.8, 4) is 5.75 Å². The minimum Gasteiger partial charge on any atom is -0.488 e. The highest BCUT2D eigenvalue weighted by Gasteiger charge is 2.24. The lowest BCUT2D eigenvalue weighted by molar-refractivity contribution is 0.0893. The van der Waals surface area contributed by atoms with Gasteiger partial charge in [0.1, 0.15) is 11.9 Å². The molecule has 2 aliphatic rings. The molecule has 0 bridgehead atoms. The van der Waals surface area contributed by atoms with E-state index in [4.69, 9.17) is 9.47 Å². The van der Waals surface area contributed by atoms with Crippen molar-refractivity contribution in [2.45, 2.75) is 32.0 Å². The molecule has 1 aromatic heterocycles. The van der Waals surface area contributed by atoms with Crippen molar-refractivity contribution in [2.75, 3.05) is 13.2 Å². The number of aryl methyl sites for hydroxylation is 1. The number of hydrogen-bond acceptors (Lipinski definition) is 4. The number of benzene rings is 1. The van der Waals surface area contributed by atoms with Gasteiger partial charge < -0.3 is 14.8 Å². The Hall–Kier alpha value is -2.34. The van der Waals surface area contributed by atoms with E-state index in [-0.39, 0.29) is 12.0 Å². The molecule has 2 N–H and O–H groups in total. The summed E-state index contributed by atoms with van der Waals surface area (Å²) in [5, 5.41) is 10.0. The summed E-state index contributed by atoms with van der Waals surface area (Å²) in [5.41, 5.74) is 3.55. The first-order chi connectivity index (χ1) is 11.3. The highest BCUT2D eigenvalue weighted by atomic mass is 16.5. The number of H-pyrrole nitrogens is 1. The molecule has 0 fully saturated rings. The molecule has 1 atom stereocenters. The Morgan fingerprint density at radius 1 is 1.35 bits per heavy atom. The molecular formula is C17H19N3O3. The Kier molecular flexibility index (Phi) is 3.75. The Morgan fingerprint density at radius 3 is 3.22 bits per heavy atom. The molecule has 0 aliphatic carbocycles. The number of aromatic nitrogens is 2. The topological polar surface area (TPSA) is 76.2 Å². The van der Waals surface area contributed by atoms with Crippen LogP contribution in [0, 0.1) is 0 Å². The lowest BCUT2D eigenvalue weighted by Gasteiger charge is -2.26. The van der Waals surface area contributed by atoms with Crippen LogP contribution >= 0.6 is 0 Å². The summed E-state index contributed by atoms with van der Waals surface area (Å²) in [6, 6.07) is 8.05. The number of carbonyl (C=O) groups is 1. The van der Waals surface area contributed by atoms with Crippen LogP contribution in [0.1, 0.15) is 33.7 Å². The van der Waals surface area contributed by atoms with Gasteiger partial charge in [0, 0.05) is 17.7 Å². The number of nitrogens with zero attached hydrogens (tertiary/aromatic N) is 1. The van der Waals surface area contributed by atoms with Crippen molar-refractivity contribution in [1.29, 1.82) is 0 Å². The SMILES string of the molecule is O=C(NC[C@H]1CCc2ccccc2O1)c1n[nH]c2c1COCC2. The van der Waals surface area contributed by atoms with Crippen LogP contribution < -0.4 is 10.1 Å². The third kappa shape index (κ3) is 2.82. The van der Waals surface area contributed by atoms with Gasteiger partial charge in [-0.1, -0.05) is 18.2 Å². The minimum atomic E-state index is -0.171. The maximum absolute atomic E-state index is 12.4. The summed E-state index contributed by atoms with van der Waals surface area (Å²) in [5.74, 6) is 0.749. The van der Waals surface area contributed by atoms with Gasteiger partial charge in [0.25, 0.3) is 5.91 Å². The highest BCUT2D eigenvalue weighted by Crippen LogP contribution is 2.26. The third-order valence-electron chi connectivity index (χ3n) is 4.40. The highest BCUT2D eigenvalue weighted by molar-refractivity contribution is 5.94. The molecule has 0 spiro atoms. The summed E-state index contributed by atoms with van der Waals surface area (Å²) in [6.07, 6.45) is 2.65. The van der Waals surface area contributed by atoms with Crippen molar-refractivity contribution < 1.29 is 14.3 Å². The van der Waals surface area contributed by atoms with E-state index in [0.29, 0.717) is 25.5 Å². The van der Waals surface area contributed by atoms with E-state index in [0.717, 1.165) is 36.3 Å². The van der Waals surface area contributed by atoms with Crippen LogP contribution in [-0.2, 0) is 24.2 Å². The van der Waals surface area contributed by atoms with Crippen LogP contribution in [-0.4, -0.2) is 35.4 Å². The van der Waals surface area contributed by atoms with E-state index in [1.54, 1.807) is 0 Å². The molecule has 6 heteroatoms. The number of hydrogen-bond donors (Lipinski definition) is 2. The monoisotopic (exact) mass is 313 g/mol. The van der Waals surface area contributed by atoms with Crippen LogP contribution in [0.5, 0.6) is 5.75 Å². The van der Waals surface area contributed by atoms with Gasteiger partial charge in [0.15, 0.2) is 5.69 Å². The molecular weight excluding hydrogens is 294 g/mol. The molecule has 2 aromatic rings. The zero-order valence-electron chi connectivity index (χ0n) is 12.8. The normalized spacial score (nSPS) is 19.4. The molecule has 1 aromatic carbocycles. The number of aromatic amines is 1. The molecule has 1 amide bonds. The quantitative estimate of drug-likeness (QED) is 0.902. The Balaban J connectivity index is 1.38. The fourth-order valence-corrected chi connectivity index (χ4v) is 3.11. The molecule has 4 rings (SSSR count). The average molecular weight is 313 g/mol. The van der Waals surface area contributed by atoms with Gasteiger partial charge in [0.05, 0.1) is 19.8 Å². The molecule has 0 radical (unpaired) electrons. The van der Waals surface area contributed by atoms with Crippen molar-refractivity contribution in [3.05, 3.63) is 46.8 Å². The van der Waals surface area contributed by atoms with E-state index >= 15 is 0 Å². The Labute approximate surface area is 134 Å². The van der Waals surface area contributed by atoms with Crippen LogP contribution in [0.15, 0.2) is 24.3 Å². The standard InChI is InChI=1S/C17H19N3O3/c21-17(16-13-10-22-8-7-14(13)19-20-16)18-9-12-6-5-11-3-1-2-4-15(11)23-12/h1-4,12H,5-10H2,(H,18,21)(H,19,20)/t12-/m1/s1. The Morgan fingerprint density at radius 2 is 2.26 bits per heavy atom. The van der Waals surface area contributed by atoms with Crippen LogP contribution in [0.4, 0.5) is 0 Å². The van der Waals surface area contributed by atoms with Crippen molar-refractivity contribution >= 4 is 5.91 Å². The van der Waals surface area contributed by atoms with Gasteiger partial charge in [-0.3, -0.25) is 9.89 Å². The van der Waals surface area contributed by atoms with Crippen molar-refractivity contribution in [2.24, 2.45) is 0 Å². The lowest BCUT2D eigenvalue weighted by Crippen LogP contribution is -2.37. The minimum absolute atomic E-state index is 0.000122. The maximum atomic E-state index is 12.4. The van der Waals surface area contributed by atoms with Crippen LogP contribution in [0.3, 0.4) is 0 Å². The van der Waals surface area contributed by atoms with Crippen LogP contribution in [0.2, 0.25) is 0 Å². The zero-order valence-corrected chi connectivity index (χ0v) is 12.8. The number of nitrogens with one attached hydrogen (secondary N) is 2. The number of ether oxygens (including phenoxy) is 2. The van der Waals surface area contributed by atoms with Crippen molar-refractivity contribution in [3.63, 3.8) is 0 Å². The largest absolute Gasteiger partial charge is 0.488 e. The first kappa shape index (κ1) is 14.3. The molecule has 2 aliphatic heterocycles. The first-order valence-electron chi connectivity index (χ1n) is 7.98. The lowest BCUT2D eigenvalue weighted by atomic mass is 10.0. The molecule has 120 valence electrons. The van der Waals surface area contributed by atoms with Gasteiger partial charge >= 0.3 is 0 Å². The van der Waals surface area contributed by atoms with Crippen LogP contribution in [0.25, 0.3) is 0 Å². The van der Waals surface area contributed by atoms with Gasteiger partial charge in [0.2, 0.25) is 0 Å². The maximum Gasteiger partial charge on any atom is 0.272 e. The summed E-state index contributed by atoms with van der Waals surface area (Å²) in [7, 11) is 0. The summed E-state index contributed by atoms with van der Waals surface area (Å²) in [6.45, 7) is 1.60. The molecule has 6 nitrogen and oxygen atoms in total. The number of rotatable bonds is 3. The third-order valence-corrected chi connectivity index (χ3v) is 4.40. The van der Waals surface area contributed by atoms with Crippen molar-refractivity contribution in [1.82, 2.24) is 15.5 Å².